The number of hydrogen-bond acceptors (Lipinski definition) is 5. The Morgan fingerprint density at radius 3 is 2.79 bits per heavy atom. The molecule has 7 heteroatoms. The van der Waals surface area contributed by atoms with Crippen molar-refractivity contribution < 1.29 is 9.18 Å². The quantitative estimate of drug-likeness (QED) is 0.541. The average Bonchev–Trinajstić information content (AvgIpc) is 3.25. The van der Waals surface area contributed by atoms with E-state index < -0.39 is 11.6 Å². The molecule has 2 aliphatic rings. The van der Waals surface area contributed by atoms with Crippen LogP contribution in [0.25, 0.3) is 11.1 Å². The molecule has 1 aliphatic heterocycles. The lowest BCUT2D eigenvalue weighted by Crippen LogP contribution is -2.27. The first-order valence-electron chi connectivity index (χ1n) is 9.71. The topological polar surface area (TPSA) is 91.8 Å². The lowest BCUT2D eigenvalue weighted by Gasteiger charge is -2.27. The largest absolute Gasteiger partial charge is 0.398 e. The molecule has 2 heterocycles. The number of fused-ring (bicyclic) bond motifs is 2. The van der Waals surface area contributed by atoms with Crippen LogP contribution in [0.3, 0.4) is 0 Å². The van der Waals surface area contributed by atoms with Crippen molar-refractivity contribution in [1.29, 1.82) is 5.26 Å². The monoisotopic (exact) mass is 412 g/mol. The van der Waals surface area contributed by atoms with Gasteiger partial charge in [0.15, 0.2) is 5.78 Å². The molecule has 2 unspecified atom stereocenters. The van der Waals surface area contributed by atoms with Gasteiger partial charge in [-0.05, 0) is 44.7 Å². The summed E-state index contributed by atoms with van der Waals surface area (Å²) in [5.74, 6) is -0.443. The van der Waals surface area contributed by atoms with Gasteiger partial charge >= 0.3 is 0 Å². The van der Waals surface area contributed by atoms with E-state index >= 15 is 4.39 Å². The summed E-state index contributed by atoms with van der Waals surface area (Å²) in [6.45, 7) is 3.98. The Bertz CT molecular complexity index is 1080. The summed E-state index contributed by atoms with van der Waals surface area (Å²) >= 11 is 6.84. The van der Waals surface area contributed by atoms with E-state index in [1.807, 2.05) is 6.92 Å². The van der Waals surface area contributed by atoms with Gasteiger partial charge in [0.05, 0.1) is 22.1 Å². The predicted octanol–water partition coefficient (Wildman–Crippen LogP) is 5.09. The standard InChI is InChI=1S/C22H22ClFN4O/c1-3-21(10-25)6-7-22(9-21)11-28-20-17(22)18(23)14(8-27-20)13-4-5-15(26)16(12(2)29)19(13)24/h4-5,8H,3,6-7,9,11,26H2,1-2H3,(H,27,28). The first-order valence-corrected chi connectivity index (χ1v) is 10.1. The number of nitrogens with one attached hydrogen (secondary N) is 1. The number of benzene rings is 1. The van der Waals surface area contributed by atoms with Crippen LogP contribution in [0.4, 0.5) is 15.9 Å². The van der Waals surface area contributed by atoms with Gasteiger partial charge in [0, 0.05) is 40.5 Å². The van der Waals surface area contributed by atoms with Crippen LogP contribution < -0.4 is 11.1 Å². The highest BCUT2D eigenvalue weighted by Crippen LogP contribution is 2.58. The van der Waals surface area contributed by atoms with Gasteiger partial charge in [-0.2, -0.15) is 5.26 Å². The highest BCUT2D eigenvalue weighted by Gasteiger charge is 2.53. The maximum absolute atomic E-state index is 15.2. The minimum atomic E-state index is -0.687. The third kappa shape index (κ3) is 2.79. The number of rotatable bonds is 3. The molecule has 0 amide bonds. The molecule has 0 bridgehead atoms. The van der Waals surface area contributed by atoms with Crippen molar-refractivity contribution >= 4 is 28.9 Å². The van der Waals surface area contributed by atoms with Crippen molar-refractivity contribution in [3.63, 3.8) is 0 Å². The second-order valence-corrected chi connectivity index (χ2v) is 8.59. The van der Waals surface area contributed by atoms with Crippen LogP contribution in [0.5, 0.6) is 0 Å². The molecule has 2 atom stereocenters. The average molecular weight is 413 g/mol. The minimum Gasteiger partial charge on any atom is -0.398 e. The van der Waals surface area contributed by atoms with Gasteiger partial charge in [0.25, 0.3) is 0 Å². The molecule has 3 N–H and O–H groups in total. The summed E-state index contributed by atoms with van der Waals surface area (Å²) in [6, 6.07) is 5.55. The number of anilines is 2. The number of carbonyl (C=O) groups excluding carboxylic acids is 1. The zero-order chi connectivity index (χ0) is 21.0. The molecule has 1 saturated carbocycles. The number of nitrogens with two attached hydrogens (primary N) is 1. The normalized spacial score (nSPS) is 24.9. The van der Waals surface area contributed by atoms with E-state index in [-0.39, 0.29) is 27.6 Å². The van der Waals surface area contributed by atoms with E-state index in [1.165, 1.54) is 25.3 Å². The van der Waals surface area contributed by atoms with Gasteiger partial charge in [-0.3, -0.25) is 4.79 Å². The van der Waals surface area contributed by atoms with Crippen LogP contribution >= 0.6 is 11.6 Å². The first-order chi connectivity index (χ1) is 13.8. The summed E-state index contributed by atoms with van der Waals surface area (Å²) < 4.78 is 15.2. The SMILES string of the molecule is CCC1(C#N)CCC2(CNc3ncc(-c4ccc(N)c(C(C)=O)c4F)c(Cl)c32)C1. The van der Waals surface area contributed by atoms with Gasteiger partial charge in [-0.1, -0.05) is 18.5 Å². The number of halogens is 2. The summed E-state index contributed by atoms with van der Waals surface area (Å²) in [5, 5.41) is 13.5. The molecule has 2 aromatic rings. The maximum atomic E-state index is 15.2. The van der Waals surface area contributed by atoms with E-state index in [4.69, 9.17) is 17.3 Å². The van der Waals surface area contributed by atoms with Crippen molar-refractivity contribution in [2.45, 2.75) is 44.9 Å². The number of ketones is 1. The van der Waals surface area contributed by atoms with Crippen molar-refractivity contribution in [1.82, 2.24) is 4.98 Å². The van der Waals surface area contributed by atoms with Crippen LogP contribution in [0, 0.1) is 22.6 Å². The van der Waals surface area contributed by atoms with Gasteiger partial charge in [-0.15, -0.1) is 0 Å². The van der Waals surface area contributed by atoms with Gasteiger partial charge in [0.2, 0.25) is 0 Å². The molecule has 150 valence electrons. The van der Waals surface area contributed by atoms with Crippen LogP contribution in [0.2, 0.25) is 5.02 Å². The summed E-state index contributed by atoms with van der Waals surface area (Å²) in [6.07, 6.45) is 4.62. The molecule has 1 aromatic carbocycles. The van der Waals surface area contributed by atoms with Gasteiger partial charge in [-0.25, -0.2) is 9.37 Å². The molecule has 1 aromatic heterocycles. The van der Waals surface area contributed by atoms with Gasteiger partial charge in [0.1, 0.15) is 11.6 Å². The summed E-state index contributed by atoms with van der Waals surface area (Å²) in [5.41, 5.74) is 6.57. The number of nitrogen functional groups attached to an aromatic ring is 1. The fourth-order valence-electron chi connectivity index (χ4n) is 4.94. The smallest absolute Gasteiger partial charge is 0.164 e. The Hall–Kier alpha value is -2.65. The van der Waals surface area contributed by atoms with E-state index in [0.717, 1.165) is 24.8 Å². The number of pyridine rings is 1. The molecular weight excluding hydrogens is 391 g/mol. The highest BCUT2D eigenvalue weighted by molar-refractivity contribution is 6.34. The Morgan fingerprint density at radius 2 is 2.17 bits per heavy atom. The van der Waals surface area contributed by atoms with E-state index in [2.05, 4.69) is 16.4 Å². The molecule has 4 rings (SSSR count). The Labute approximate surface area is 174 Å². The van der Waals surface area contributed by atoms with Crippen molar-refractivity contribution in [2.75, 3.05) is 17.6 Å². The Morgan fingerprint density at radius 1 is 1.41 bits per heavy atom. The van der Waals surface area contributed by atoms with Crippen LogP contribution in [-0.2, 0) is 5.41 Å². The van der Waals surface area contributed by atoms with Crippen molar-refractivity contribution in [2.24, 2.45) is 5.41 Å². The maximum Gasteiger partial charge on any atom is 0.164 e. The molecule has 1 fully saturated rings. The molecule has 29 heavy (non-hydrogen) atoms. The third-order valence-corrected chi connectivity index (χ3v) is 7.02. The zero-order valence-corrected chi connectivity index (χ0v) is 17.2. The van der Waals surface area contributed by atoms with Crippen molar-refractivity contribution in [3.05, 3.63) is 40.3 Å². The Balaban J connectivity index is 1.88. The minimum absolute atomic E-state index is 0.0969. The molecule has 0 saturated heterocycles. The Kier molecular flexibility index (Phi) is 4.54. The van der Waals surface area contributed by atoms with Crippen molar-refractivity contribution in [3.8, 4) is 17.2 Å². The van der Waals surface area contributed by atoms with Gasteiger partial charge < -0.3 is 11.1 Å². The molecule has 1 aliphatic carbocycles. The van der Waals surface area contributed by atoms with E-state index in [9.17, 15) is 10.1 Å². The van der Waals surface area contributed by atoms with Crippen LogP contribution in [-0.4, -0.2) is 17.3 Å². The summed E-state index contributed by atoms with van der Waals surface area (Å²) in [7, 11) is 0. The number of aromatic nitrogens is 1. The number of nitrogens with zero attached hydrogens (tertiary/aromatic N) is 2. The first kappa shape index (κ1) is 19.7. The predicted molar refractivity (Wildman–Crippen MR) is 111 cm³/mol. The fraction of sp³-hybridized carbons (Fsp3) is 0.409. The lowest BCUT2D eigenvalue weighted by atomic mass is 9.75. The third-order valence-electron chi connectivity index (χ3n) is 6.63. The van der Waals surface area contributed by atoms with E-state index in [0.29, 0.717) is 29.4 Å². The number of nitriles is 1. The second kappa shape index (κ2) is 6.70. The molecule has 0 radical (unpaired) electrons. The van der Waals surface area contributed by atoms with Crippen LogP contribution in [0.1, 0.15) is 55.5 Å². The number of Topliss-reactive ketones (excluding diaryl/α,β-unsaturated/α-hetero) is 1. The molecular formula is C22H22ClFN4O. The van der Waals surface area contributed by atoms with Crippen LogP contribution in [0.15, 0.2) is 18.3 Å². The summed E-state index contributed by atoms with van der Waals surface area (Å²) in [4.78, 5) is 16.4. The van der Waals surface area contributed by atoms with E-state index in [1.54, 1.807) is 0 Å². The highest BCUT2D eigenvalue weighted by atomic mass is 35.5. The molecule has 1 spiro atoms. The zero-order valence-electron chi connectivity index (χ0n) is 16.4. The second-order valence-electron chi connectivity index (χ2n) is 8.21. The number of carbonyl (C=O) groups is 1. The molecule has 5 nitrogen and oxygen atoms in total. The lowest BCUT2D eigenvalue weighted by molar-refractivity contribution is 0.101. The number of hydrogen-bond donors (Lipinski definition) is 2. The fourth-order valence-corrected chi connectivity index (χ4v) is 5.38.